The molecule has 4 heteroatoms. The number of aliphatic hydroxyl groups excluding tert-OH is 1. The van der Waals surface area contributed by atoms with E-state index in [4.69, 9.17) is 9.47 Å². The first-order valence-corrected chi connectivity index (χ1v) is 7.84. The lowest BCUT2D eigenvalue weighted by Gasteiger charge is -2.17. The maximum atomic E-state index is 13.6. The van der Waals surface area contributed by atoms with Gasteiger partial charge in [0.1, 0.15) is 17.7 Å². The third kappa shape index (κ3) is 3.38. The van der Waals surface area contributed by atoms with E-state index in [2.05, 4.69) is 0 Å². The van der Waals surface area contributed by atoms with Crippen LogP contribution in [0.2, 0.25) is 0 Å². The van der Waals surface area contributed by atoms with Crippen molar-refractivity contribution >= 4 is 0 Å². The quantitative estimate of drug-likeness (QED) is 0.933. The van der Waals surface area contributed by atoms with Gasteiger partial charge in [-0.15, -0.1) is 0 Å². The molecule has 2 aromatic rings. The number of rotatable bonds is 4. The number of aliphatic hydroxyl groups is 1. The van der Waals surface area contributed by atoms with Crippen molar-refractivity contribution < 1.29 is 19.0 Å². The van der Waals surface area contributed by atoms with Crippen LogP contribution in [0, 0.1) is 19.7 Å². The highest BCUT2D eigenvalue weighted by atomic mass is 19.1. The lowest BCUT2D eigenvalue weighted by Crippen LogP contribution is -2.15. The highest BCUT2D eigenvalue weighted by molar-refractivity contribution is 5.72. The molecule has 0 unspecified atom stereocenters. The van der Waals surface area contributed by atoms with Gasteiger partial charge in [0.15, 0.2) is 0 Å². The van der Waals surface area contributed by atoms with E-state index in [0.717, 1.165) is 41.0 Å². The zero-order chi connectivity index (χ0) is 16.4. The number of hydrogen-bond acceptors (Lipinski definition) is 3. The molecule has 1 fully saturated rings. The van der Waals surface area contributed by atoms with Gasteiger partial charge in [-0.3, -0.25) is 0 Å². The van der Waals surface area contributed by atoms with Crippen molar-refractivity contribution in [2.75, 3.05) is 13.2 Å². The van der Waals surface area contributed by atoms with E-state index in [9.17, 15) is 9.50 Å². The van der Waals surface area contributed by atoms with Gasteiger partial charge in [0.2, 0.25) is 0 Å². The van der Waals surface area contributed by atoms with Gasteiger partial charge in [0, 0.05) is 12.0 Å². The van der Waals surface area contributed by atoms with Crippen LogP contribution < -0.4 is 4.74 Å². The van der Waals surface area contributed by atoms with Crippen molar-refractivity contribution in [3.05, 3.63) is 52.8 Å². The van der Waals surface area contributed by atoms with Crippen molar-refractivity contribution in [2.24, 2.45) is 0 Å². The van der Waals surface area contributed by atoms with Crippen LogP contribution in [0.5, 0.6) is 5.75 Å². The third-order valence-corrected chi connectivity index (χ3v) is 4.20. The fourth-order valence-corrected chi connectivity index (χ4v) is 3.10. The lowest BCUT2D eigenvalue weighted by molar-refractivity contribution is 0.141. The molecule has 1 aliphatic rings. The molecule has 122 valence electrons. The Morgan fingerprint density at radius 1 is 1.22 bits per heavy atom. The van der Waals surface area contributed by atoms with E-state index >= 15 is 0 Å². The van der Waals surface area contributed by atoms with E-state index in [1.165, 1.54) is 6.07 Å². The molecule has 0 aliphatic carbocycles. The minimum atomic E-state index is -0.382. The summed E-state index contributed by atoms with van der Waals surface area (Å²) in [6, 6.07) is 8.86. The molecule has 23 heavy (non-hydrogen) atoms. The lowest BCUT2D eigenvalue weighted by atomic mass is 9.94. The molecular formula is C19H21FO3. The van der Waals surface area contributed by atoms with E-state index in [-0.39, 0.29) is 18.5 Å². The summed E-state index contributed by atoms with van der Waals surface area (Å²) in [4.78, 5) is 0. The molecule has 0 saturated carbocycles. The Labute approximate surface area is 135 Å². The summed E-state index contributed by atoms with van der Waals surface area (Å²) in [5, 5.41) is 9.26. The molecule has 2 aromatic carbocycles. The van der Waals surface area contributed by atoms with Gasteiger partial charge in [-0.25, -0.2) is 4.39 Å². The maximum absolute atomic E-state index is 13.6. The highest BCUT2D eigenvalue weighted by Gasteiger charge is 2.18. The second kappa shape index (κ2) is 6.69. The smallest absolute Gasteiger partial charge is 0.128 e. The molecule has 1 heterocycles. The van der Waals surface area contributed by atoms with Gasteiger partial charge in [0.05, 0.1) is 19.8 Å². The summed E-state index contributed by atoms with van der Waals surface area (Å²) in [5.74, 6) is 0.455. The predicted molar refractivity (Wildman–Crippen MR) is 87.1 cm³/mol. The first-order valence-electron chi connectivity index (χ1n) is 7.84. The Bertz CT molecular complexity index is 683. The largest absolute Gasteiger partial charge is 0.488 e. The van der Waals surface area contributed by atoms with Crippen LogP contribution in [-0.2, 0) is 11.3 Å². The summed E-state index contributed by atoms with van der Waals surface area (Å²) in [6.45, 7) is 5.11. The first kappa shape index (κ1) is 16.0. The normalized spacial score (nSPS) is 17.5. The second-order valence-electron chi connectivity index (χ2n) is 6.00. The van der Waals surface area contributed by atoms with Gasteiger partial charge in [-0.1, -0.05) is 6.07 Å². The van der Waals surface area contributed by atoms with E-state index < -0.39 is 0 Å². The minimum Gasteiger partial charge on any atom is -0.488 e. The predicted octanol–water partition coefficient (Wildman–Crippen LogP) is 3.77. The molecular weight excluding hydrogens is 295 g/mol. The van der Waals surface area contributed by atoms with Crippen LogP contribution in [-0.4, -0.2) is 24.4 Å². The molecule has 0 spiro atoms. The fourth-order valence-electron chi connectivity index (χ4n) is 3.10. The Morgan fingerprint density at radius 2 is 1.96 bits per heavy atom. The molecule has 1 saturated heterocycles. The van der Waals surface area contributed by atoms with Gasteiger partial charge >= 0.3 is 0 Å². The molecule has 1 aliphatic heterocycles. The van der Waals surface area contributed by atoms with E-state index in [1.807, 2.05) is 26.0 Å². The first-order chi connectivity index (χ1) is 11.1. The van der Waals surface area contributed by atoms with Crippen LogP contribution in [0.1, 0.15) is 23.1 Å². The Hall–Kier alpha value is -1.91. The number of ether oxygens (including phenoxy) is 2. The fraction of sp³-hybridized carbons (Fsp3) is 0.368. The molecule has 1 atom stereocenters. The Balaban J connectivity index is 1.93. The van der Waals surface area contributed by atoms with Crippen LogP contribution in [0.15, 0.2) is 30.3 Å². The van der Waals surface area contributed by atoms with Crippen molar-refractivity contribution in [1.29, 1.82) is 0 Å². The minimum absolute atomic E-state index is 0.117. The van der Waals surface area contributed by atoms with E-state index in [0.29, 0.717) is 12.2 Å². The number of benzene rings is 2. The summed E-state index contributed by atoms with van der Waals surface area (Å²) in [7, 11) is 0. The zero-order valence-corrected chi connectivity index (χ0v) is 13.4. The summed E-state index contributed by atoms with van der Waals surface area (Å²) in [6.07, 6.45) is 1.03. The molecule has 1 N–H and O–H groups in total. The average molecular weight is 316 g/mol. The Morgan fingerprint density at radius 3 is 2.57 bits per heavy atom. The number of halogens is 1. The standard InChI is InChI=1S/C19H21FO3/c1-12-7-17(23-16-5-6-22-11-16)8-13(2)19(12)14-3-4-18(20)15(9-14)10-21/h3-4,7-9,16,21H,5-6,10-11H2,1-2H3/t16-/m0/s1. The molecule has 0 aromatic heterocycles. The SMILES string of the molecule is Cc1cc(O[C@H]2CCOC2)cc(C)c1-c1ccc(F)c(CO)c1. The Kier molecular flexibility index (Phi) is 4.64. The average Bonchev–Trinajstić information content (AvgIpc) is 3.01. The van der Waals surface area contributed by atoms with Gasteiger partial charge < -0.3 is 14.6 Å². The van der Waals surface area contributed by atoms with Crippen LogP contribution in [0.3, 0.4) is 0 Å². The molecule has 3 rings (SSSR count). The van der Waals surface area contributed by atoms with Crippen molar-refractivity contribution in [1.82, 2.24) is 0 Å². The molecule has 0 bridgehead atoms. The number of hydrogen-bond donors (Lipinski definition) is 1. The van der Waals surface area contributed by atoms with Crippen molar-refractivity contribution in [3.8, 4) is 16.9 Å². The maximum Gasteiger partial charge on any atom is 0.128 e. The third-order valence-electron chi connectivity index (χ3n) is 4.20. The number of aryl methyl sites for hydroxylation is 2. The van der Waals surface area contributed by atoms with Crippen LogP contribution in [0.4, 0.5) is 4.39 Å². The van der Waals surface area contributed by atoms with Gasteiger partial charge in [-0.2, -0.15) is 0 Å². The monoisotopic (exact) mass is 316 g/mol. The highest BCUT2D eigenvalue weighted by Crippen LogP contribution is 2.32. The van der Waals surface area contributed by atoms with Crippen molar-refractivity contribution in [2.45, 2.75) is 33.0 Å². The van der Waals surface area contributed by atoms with Crippen LogP contribution in [0.25, 0.3) is 11.1 Å². The molecule has 3 nitrogen and oxygen atoms in total. The molecule has 0 amide bonds. The van der Waals surface area contributed by atoms with Crippen LogP contribution >= 0.6 is 0 Å². The molecule has 0 radical (unpaired) electrons. The van der Waals surface area contributed by atoms with Crippen molar-refractivity contribution in [3.63, 3.8) is 0 Å². The van der Waals surface area contributed by atoms with Gasteiger partial charge in [-0.05, 0) is 60.4 Å². The topological polar surface area (TPSA) is 38.7 Å². The summed E-state index contributed by atoms with van der Waals surface area (Å²) >= 11 is 0. The second-order valence-corrected chi connectivity index (χ2v) is 6.00. The summed E-state index contributed by atoms with van der Waals surface area (Å²) < 4.78 is 24.9. The van der Waals surface area contributed by atoms with E-state index in [1.54, 1.807) is 12.1 Å². The van der Waals surface area contributed by atoms with Gasteiger partial charge in [0.25, 0.3) is 0 Å². The summed E-state index contributed by atoms with van der Waals surface area (Å²) in [5.41, 5.74) is 4.39. The zero-order valence-electron chi connectivity index (χ0n) is 13.4.